The Morgan fingerprint density at radius 2 is 0.766 bits per heavy atom. The van der Waals surface area contributed by atoms with E-state index in [2.05, 4.69) is 13.8 Å². The predicted molar refractivity (Wildman–Crippen MR) is 275 cm³/mol. The van der Waals surface area contributed by atoms with Crippen molar-refractivity contribution in [1.29, 1.82) is 0 Å². The Kier molecular flexibility index (Phi) is 37.5. The average molecular weight is 1110 g/mol. The number of esters is 6. The largest absolute Gasteiger partial charge is 0.462 e. The van der Waals surface area contributed by atoms with E-state index in [0.29, 0.717) is 38.5 Å². The highest BCUT2D eigenvalue weighted by Gasteiger charge is 2.44. The van der Waals surface area contributed by atoms with Gasteiger partial charge in [0.1, 0.15) is 87.1 Å². The summed E-state index contributed by atoms with van der Waals surface area (Å²) in [6.07, 6.45) is 10.5. The fraction of sp³-hybridized carbons (Fsp3) is 0.818. The van der Waals surface area contributed by atoms with Gasteiger partial charge < -0.3 is 78.7 Å². The first-order valence-corrected chi connectivity index (χ1v) is 28.0. The van der Waals surface area contributed by atoms with Crippen molar-refractivity contribution < 1.29 is 108 Å². The lowest BCUT2D eigenvalue weighted by Gasteiger charge is -2.37. The van der Waals surface area contributed by atoms with Crippen molar-refractivity contribution in [3.63, 3.8) is 0 Å². The van der Waals surface area contributed by atoms with Crippen LogP contribution in [-0.2, 0) is 66.7 Å². The molecule has 2 rings (SSSR count). The molecule has 0 radical (unpaired) electrons. The van der Waals surface area contributed by atoms with Gasteiger partial charge in [0.25, 0.3) is 0 Å². The molecular formula is C55H92O22. The van der Waals surface area contributed by atoms with Gasteiger partial charge in [0, 0.05) is 25.7 Å². The number of ether oxygens (including phenoxy) is 8. The summed E-state index contributed by atoms with van der Waals surface area (Å²) in [7, 11) is 0. The third-order valence-electron chi connectivity index (χ3n) is 13.2. The third-order valence-corrected chi connectivity index (χ3v) is 13.2. The highest BCUT2D eigenvalue weighted by Crippen LogP contribution is 2.23. The van der Waals surface area contributed by atoms with E-state index >= 15 is 0 Å². The van der Waals surface area contributed by atoms with Crippen LogP contribution in [0, 0.1) is 0 Å². The molecule has 2 aliphatic rings. The smallest absolute Gasteiger partial charge is 0.317 e. The molecular weight excluding hydrogens is 1010 g/mol. The Hall–Kier alpha value is -4.10. The van der Waals surface area contributed by atoms with E-state index in [-0.39, 0.29) is 12.8 Å². The molecule has 0 aromatic heterocycles. The molecule has 0 aromatic carbocycles. The van der Waals surface area contributed by atoms with E-state index in [9.17, 15) is 69.6 Å². The summed E-state index contributed by atoms with van der Waals surface area (Å²) in [5.41, 5.74) is 0. The Morgan fingerprint density at radius 3 is 1.16 bits per heavy atom. The molecule has 22 nitrogen and oxygen atoms in total. The van der Waals surface area contributed by atoms with Crippen LogP contribution in [0.2, 0.25) is 0 Å². The molecule has 0 aliphatic carbocycles. The van der Waals surface area contributed by atoms with E-state index in [1.54, 1.807) is 0 Å². The van der Waals surface area contributed by atoms with Gasteiger partial charge in [-0.3, -0.25) is 28.8 Å². The first-order chi connectivity index (χ1) is 37.0. The van der Waals surface area contributed by atoms with Crippen molar-refractivity contribution in [1.82, 2.24) is 0 Å². The number of unbranched alkanes of at least 4 members (excludes halogenated alkanes) is 16. The average Bonchev–Trinajstić information content (AvgIpc) is 3.39. The van der Waals surface area contributed by atoms with Crippen LogP contribution in [0.3, 0.4) is 0 Å². The van der Waals surface area contributed by atoms with Crippen molar-refractivity contribution in [2.45, 2.75) is 267 Å². The van der Waals surface area contributed by atoms with E-state index in [1.165, 1.54) is 0 Å². The minimum Gasteiger partial charge on any atom is -0.462 e. The van der Waals surface area contributed by atoms with Gasteiger partial charge in [-0.2, -0.15) is 0 Å². The standard InChI is InChI=1S/C55H92O22/c1-3-5-7-21-27-38(74-46(60)33-44(58)70-35-40-48(62)50(64)52(66)54(68)76-40)29-23-17-13-9-11-15-19-25-31-42(56)72-37-73-43(57)32-26-20-16-12-10-14-18-24-30-39(28-22-8-6-4-2)75-47(61)34-45(59)71-36-41-49(63)51(65)53(67)55(69)77-41/h17-18,23-24,38-41,48-55,62-69H,3-16,19-22,25-37H2,1-2H3/b23-17-,24-18-. The zero-order chi connectivity index (χ0) is 56.8. The second-order valence-corrected chi connectivity index (χ2v) is 19.9. The maximum Gasteiger partial charge on any atom is 0.317 e. The molecule has 0 aromatic rings. The van der Waals surface area contributed by atoms with Crippen LogP contribution in [0.25, 0.3) is 0 Å². The monoisotopic (exact) mass is 1100 g/mol. The van der Waals surface area contributed by atoms with Crippen LogP contribution in [0.5, 0.6) is 0 Å². The van der Waals surface area contributed by atoms with E-state index in [1.807, 2.05) is 24.3 Å². The van der Waals surface area contributed by atoms with Crippen molar-refractivity contribution in [2.75, 3.05) is 20.0 Å². The Labute approximate surface area is 453 Å². The molecule has 0 amide bonds. The zero-order valence-corrected chi connectivity index (χ0v) is 45.5. The highest BCUT2D eigenvalue weighted by atomic mass is 16.7. The quantitative estimate of drug-likeness (QED) is 0.0103. The molecule has 2 aliphatic heterocycles. The zero-order valence-electron chi connectivity index (χ0n) is 45.5. The van der Waals surface area contributed by atoms with Crippen molar-refractivity contribution in [3.8, 4) is 0 Å². The van der Waals surface area contributed by atoms with E-state index < -0.39 is 142 Å². The van der Waals surface area contributed by atoms with Gasteiger partial charge in [-0.1, -0.05) is 115 Å². The fourth-order valence-electron chi connectivity index (χ4n) is 8.49. The molecule has 12 unspecified atom stereocenters. The molecule has 2 heterocycles. The summed E-state index contributed by atoms with van der Waals surface area (Å²) in [6.45, 7) is 2.69. The number of carbonyl (C=O) groups is 6. The van der Waals surface area contributed by atoms with Gasteiger partial charge in [0.15, 0.2) is 12.6 Å². The van der Waals surface area contributed by atoms with Gasteiger partial charge in [-0.25, -0.2) is 0 Å². The normalized spacial score (nSPS) is 24.3. The van der Waals surface area contributed by atoms with Crippen LogP contribution >= 0.6 is 0 Å². The number of hydrogen-bond donors (Lipinski definition) is 8. The molecule has 8 N–H and O–H groups in total. The lowest BCUT2D eigenvalue weighted by molar-refractivity contribution is -0.287. The fourth-order valence-corrected chi connectivity index (χ4v) is 8.49. The van der Waals surface area contributed by atoms with Crippen molar-refractivity contribution in [3.05, 3.63) is 24.3 Å². The van der Waals surface area contributed by atoms with Crippen LogP contribution in [0.15, 0.2) is 24.3 Å². The minimum absolute atomic E-state index is 0.228. The molecule has 12 atom stereocenters. The molecule has 2 saturated heterocycles. The lowest BCUT2D eigenvalue weighted by Crippen LogP contribution is -2.58. The lowest BCUT2D eigenvalue weighted by atomic mass is 9.99. The SMILES string of the molecule is CCCCCCC(C/C=C\CCCCCCCC(=O)OCOC(=O)CCCCCCC/C=C\CC(CCCCCC)OC(=O)CC(=O)OCC1OC(O)C(O)C(O)C1O)OC(=O)CC(=O)OCC1OC(O)C(O)C(O)C1O. The van der Waals surface area contributed by atoms with Crippen LogP contribution < -0.4 is 0 Å². The van der Waals surface area contributed by atoms with Crippen molar-refractivity contribution in [2.24, 2.45) is 0 Å². The summed E-state index contributed by atoms with van der Waals surface area (Å²) in [5.74, 6) is -4.22. The van der Waals surface area contributed by atoms with Crippen LogP contribution in [-0.4, -0.2) is 170 Å². The van der Waals surface area contributed by atoms with Crippen molar-refractivity contribution >= 4 is 35.8 Å². The summed E-state index contributed by atoms with van der Waals surface area (Å²) < 4.78 is 41.3. The molecule has 77 heavy (non-hydrogen) atoms. The maximum absolute atomic E-state index is 12.6. The Morgan fingerprint density at radius 1 is 0.403 bits per heavy atom. The molecule has 0 saturated carbocycles. The molecule has 0 spiro atoms. The number of aliphatic hydroxyl groups is 8. The summed E-state index contributed by atoms with van der Waals surface area (Å²) in [4.78, 5) is 74.0. The topological polar surface area (TPSA) is 338 Å². The number of allylic oxidation sites excluding steroid dienone is 2. The van der Waals surface area contributed by atoms with Crippen LogP contribution in [0.4, 0.5) is 0 Å². The third kappa shape index (κ3) is 31.3. The van der Waals surface area contributed by atoms with Gasteiger partial charge >= 0.3 is 35.8 Å². The Bertz CT molecular complexity index is 1590. The van der Waals surface area contributed by atoms with Gasteiger partial charge in [-0.15, -0.1) is 0 Å². The van der Waals surface area contributed by atoms with Gasteiger partial charge in [0.05, 0.1) is 0 Å². The van der Waals surface area contributed by atoms with Crippen LogP contribution in [0.1, 0.15) is 194 Å². The summed E-state index contributed by atoms with van der Waals surface area (Å²) in [6, 6.07) is 0. The first kappa shape index (κ1) is 69.0. The molecule has 444 valence electrons. The maximum atomic E-state index is 12.6. The highest BCUT2D eigenvalue weighted by molar-refractivity contribution is 5.91. The molecule has 2 fully saturated rings. The first-order valence-electron chi connectivity index (χ1n) is 28.0. The second-order valence-electron chi connectivity index (χ2n) is 19.9. The van der Waals surface area contributed by atoms with Gasteiger partial charge in [0.2, 0.25) is 6.79 Å². The second kappa shape index (κ2) is 41.9. The van der Waals surface area contributed by atoms with Gasteiger partial charge in [-0.05, 0) is 64.2 Å². The minimum atomic E-state index is -1.78. The predicted octanol–water partition coefficient (Wildman–Crippen LogP) is 4.62. The van der Waals surface area contributed by atoms with E-state index in [0.717, 1.165) is 116 Å². The number of hydrogen-bond acceptors (Lipinski definition) is 22. The molecule has 0 bridgehead atoms. The molecule has 22 heteroatoms. The summed E-state index contributed by atoms with van der Waals surface area (Å²) in [5, 5.41) is 78.2. The summed E-state index contributed by atoms with van der Waals surface area (Å²) >= 11 is 0. The number of carbonyl (C=O) groups excluding carboxylic acids is 6. The number of rotatable bonds is 42. The Balaban J connectivity index is 1.50. The van der Waals surface area contributed by atoms with E-state index in [4.69, 9.17) is 37.9 Å². The number of aliphatic hydroxyl groups excluding tert-OH is 8.